The van der Waals surface area contributed by atoms with Gasteiger partial charge in [0, 0.05) is 5.69 Å². The van der Waals surface area contributed by atoms with Gasteiger partial charge in [0.2, 0.25) is 0 Å². The van der Waals surface area contributed by atoms with Crippen LogP contribution in [0.5, 0.6) is 0 Å². The average molecular weight is 314 g/mol. The molecule has 2 rings (SSSR count). The second-order valence-electron chi connectivity index (χ2n) is 4.24. The van der Waals surface area contributed by atoms with Crippen LogP contribution >= 0.6 is 11.6 Å². The van der Waals surface area contributed by atoms with Crippen molar-refractivity contribution in [2.45, 2.75) is 18.2 Å². The van der Waals surface area contributed by atoms with Crippen LogP contribution in [-0.4, -0.2) is 8.42 Å². The molecule has 0 saturated carbocycles. The van der Waals surface area contributed by atoms with Crippen molar-refractivity contribution in [1.29, 1.82) is 0 Å². The standard InChI is InChI=1S/C14H13ClFNO2S/c1-2-10-4-3-5-11(8-10)17-20(18,19)12-6-7-14(16)13(15)9-12/h3-9,17H,2H2,1H3. The van der Waals surface area contributed by atoms with E-state index in [1.54, 1.807) is 18.2 Å². The summed E-state index contributed by atoms with van der Waals surface area (Å²) >= 11 is 5.60. The van der Waals surface area contributed by atoms with E-state index in [0.717, 1.165) is 24.1 Å². The number of halogens is 2. The number of aryl methyl sites for hydroxylation is 1. The second kappa shape index (κ2) is 5.81. The zero-order valence-electron chi connectivity index (χ0n) is 10.7. The van der Waals surface area contributed by atoms with E-state index in [0.29, 0.717) is 5.69 Å². The maximum absolute atomic E-state index is 13.1. The Morgan fingerprint density at radius 1 is 1.20 bits per heavy atom. The zero-order chi connectivity index (χ0) is 14.8. The topological polar surface area (TPSA) is 46.2 Å². The molecule has 0 atom stereocenters. The summed E-state index contributed by atoms with van der Waals surface area (Å²) in [6, 6.07) is 10.4. The summed E-state index contributed by atoms with van der Waals surface area (Å²) < 4.78 is 39.9. The molecule has 0 aliphatic heterocycles. The molecule has 0 unspecified atom stereocenters. The molecular weight excluding hydrogens is 301 g/mol. The molecule has 2 aromatic carbocycles. The van der Waals surface area contributed by atoms with Gasteiger partial charge in [-0.2, -0.15) is 0 Å². The summed E-state index contributed by atoms with van der Waals surface area (Å²) in [5.41, 5.74) is 1.48. The van der Waals surface area contributed by atoms with E-state index >= 15 is 0 Å². The summed E-state index contributed by atoms with van der Waals surface area (Å²) in [5, 5.41) is -0.227. The van der Waals surface area contributed by atoms with Crippen molar-refractivity contribution in [1.82, 2.24) is 0 Å². The van der Waals surface area contributed by atoms with Crippen molar-refractivity contribution >= 4 is 27.3 Å². The first kappa shape index (κ1) is 14.8. The third-order valence-electron chi connectivity index (χ3n) is 2.79. The molecule has 0 fully saturated rings. The molecule has 20 heavy (non-hydrogen) atoms. The monoisotopic (exact) mass is 313 g/mol. The van der Waals surface area contributed by atoms with Crippen molar-refractivity contribution in [2.24, 2.45) is 0 Å². The summed E-state index contributed by atoms with van der Waals surface area (Å²) in [6.07, 6.45) is 0.804. The Bertz CT molecular complexity index is 732. The fourth-order valence-corrected chi connectivity index (χ4v) is 3.03. The van der Waals surface area contributed by atoms with E-state index in [4.69, 9.17) is 11.6 Å². The van der Waals surface area contributed by atoms with Gasteiger partial charge in [-0.05, 0) is 42.3 Å². The molecule has 106 valence electrons. The highest BCUT2D eigenvalue weighted by Gasteiger charge is 2.16. The first-order chi connectivity index (χ1) is 9.42. The summed E-state index contributed by atoms with van der Waals surface area (Å²) in [4.78, 5) is -0.0780. The van der Waals surface area contributed by atoms with Crippen molar-refractivity contribution < 1.29 is 12.8 Å². The minimum absolute atomic E-state index is 0.0780. The molecule has 0 amide bonds. The first-order valence-electron chi connectivity index (χ1n) is 5.99. The lowest BCUT2D eigenvalue weighted by atomic mass is 10.1. The van der Waals surface area contributed by atoms with E-state index in [-0.39, 0.29) is 9.92 Å². The smallest absolute Gasteiger partial charge is 0.261 e. The molecule has 0 spiro atoms. The van der Waals surface area contributed by atoms with E-state index < -0.39 is 15.8 Å². The molecule has 0 heterocycles. The van der Waals surface area contributed by atoms with E-state index in [1.165, 1.54) is 6.07 Å². The number of anilines is 1. The Kier molecular flexibility index (Phi) is 4.30. The van der Waals surface area contributed by atoms with Gasteiger partial charge in [0.25, 0.3) is 10.0 Å². The zero-order valence-corrected chi connectivity index (χ0v) is 12.3. The van der Waals surface area contributed by atoms with Gasteiger partial charge in [0.05, 0.1) is 9.92 Å². The molecule has 0 aliphatic rings. The van der Waals surface area contributed by atoms with Crippen LogP contribution < -0.4 is 4.72 Å². The number of benzene rings is 2. The summed E-state index contributed by atoms with van der Waals surface area (Å²) in [5.74, 6) is -0.654. The van der Waals surface area contributed by atoms with Gasteiger partial charge in [-0.15, -0.1) is 0 Å². The van der Waals surface area contributed by atoms with Gasteiger partial charge < -0.3 is 0 Å². The van der Waals surface area contributed by atoms with Gasteiger partial charge in [-0.25, -0.2) is 12.8 Å². The third-order valence-corrected chi connectivity index (χ3v) is 4.46. The fourth-order valence-electron chi connectivity index (χ4n) is 1.71. The van der Waals surface area contributed by atoms with Crippen molar-refractivity contribution in [2.75, 3.05) is 4.72 Å². The fraction of sp³-hybridized carbons (Fsp3) is 0.143. The van der Waals surface area contributed by atoms with Crippen molar-refractivity contribution in [3.8, 4) is 0 Å². The Balaban J connectivity index is 2.32. The van der Waals surface area contributed by atoms with Gasteiger partial charge in [0.15, 0.2) is 0 Å². The lowest BCUT2D eigenvalue weighted by Gasteiger charge is -2.09. The van der Waals surface area contributed by atoms with Crippen LogP contribution in [0.2, 0.25) is 5.02 Å². The number of hydrogen-bond acceptors (Lipinski definition) is 2. The number of hydrogen-bond donors (Lipinski definition) is 1. The molecule has 0 bridgehead atoms. The molecule has 0 radical (unpaired) electrons. The summed E-state index contributed by atoms with van der Waals surface area (Å²) in [7, 11) is -3.78. The van der Waals surface area contributed by atoms with Gasteiger partial charge in [-0.1, -0.05) is 30.7 Å². The molecule has 6 heteroatoms. The Morgan fingerprint density at radius 2 is 1.95 bits per heavy atom. The maximum atomic E-state index is 13.1. The SMILES string of the molecule is CCc1cccc(NS(=O)(=O)c2ccc(F)c(Cl)c2)c1. The third kappa shape index (κ3) is 3.29. The highest BCUT2D eigenvalue weighted by atomic mass is 35.5. The van der Waals surface area contributed by atoms with Gasteiger partial charge in [-0.3, -0.25) is 4.72 Å². The second-order valence-corrected chi connectivity index (χ2v) is 6.32. The van der Waals surface area contributed by atoms with Gasteiger partial charge in [0.1, 0.15) is 5.82 Å². The molecule has 0 aromatic heterocycles. The van der Waals surface area contributed by atoms with Crippen LogP contribution in [0.3, 0.4) is 0 Å². The van der Waals surface area contributed by atoms with E-state index in [9.17, 15) is 12.8 Å². The minimum Gasteiger partial charge on any atom is -0.280 e. The van der Waals surface area contributed by atoms with Gasteiger partial charge >= 0.3 is 0 Å². The maximum Gasteiger partial charge on any atom is 0.261 e. The molecule has 2 aromatic rings. The Morgan fingerprint density at radius 3 is 2.60 bits per heavy atom. The quantitative estimate of drug-likeness (QED) is 0.932. The molecular formula is C14H13ClFNO2S. The number of sulfonamides is 1. The van der Waals surface area contributed by atoms with E-state index in [2.05, 4.69) is 4.72 Å². The highest BCUT2D eigenvalue weighted by molar-refractivity contribution is 7.92. The Hall–Kier alpha value is -1.59. The number of nitrogens with one attached hydrogen (secondary N) is 1. The van der Waals surface area contributed by atoms with Crippen molar-refractivity contribution in [3.63, 3.8) is 0 Å². The van der Waals surface area contributed by atoms with Crippen LogP contribution in [0.1, 0.15) is 12.5 Å². The van der Waals surface area contributed by atoms with Crippen LogP contribution in [0.15, 0.2) is 47.4 Å². The highest BCUT2D eigenvalue weighted by Crippen LogP contribution is 2.22. The summed E-state index contributed by atoms with van der Waals surface area (Å²) in [6.45, 7) is 1.98. The first-order valence-corrected chi connectivity index (χ1v) is 7.85. The van der Waals surface area contributed by atoms with E-state index in [1.807, 2.05) is 13.0 Å². The molecule has 0 saturated heterocycles. The minimum atomic E-state index is -3.78. The van der Waals surface area contributed by atoms with Crippen LogP contribution in [-0.2, 0) is 16.4 Å². The lowest BCUT2D eigenvalue weighted by molar-refractivity contribution is 0.599. The van der Waals surface area contributed by atoms with Crippen molar-refractivity contribution in [3.05, 3.63) is 58.9 Å². The van der Waals surface area contributed by atoms with Crippen LogP contribution in [0.4, 0.5) is 10.1 Å². The normalized spacial score (nSPS) is 11.3. The van der Waals surface area contributed by atoms with Crippen LogP contribution in [0, 0.1) is 5.82 Å². The predicted octanol–water partition coefficient (Wildman–Crippen LogP) is 3.84. The Labute approximate surface area is 122 Å². The average Bonchev–Trinajstić information content (AvgIpc) is 2.41. The van der Waals surface area contributed by atoms with Crippen LogP contribution in [0.25, 0.3) is 0 Å². The number of rotatable bonds is 4. The molecule has 0 aliphatic carbocycles. The molecule has 3 nitrogen and oxygen atoms in total. The molecule has 1 N–H and O–H groups in total. The predicted molar refractivity (Wildman–Crippen MR) is 78.0 cm³/mol. The lowest BCUT2D eigenvalue weighted by Crippen LogP contribution is -2.13. The largest absolute Gasteiger partial charge is 0.280 e.